The van der Waals surface area contributed by atoms with Crippen molar-refractivity contribution in [3.05, 3.63) is 45.1 Å². The van der Waals surface area contributed by atoms with E-state index in [4.69, 9.17) is 0 Å². The van der Waals surface area contributed by atoms with Gasteiger partial charge in [0.2, 0.25) is 0 Å². The quantitative estimate of drug-likeness (QED) is 0.775. The Morgan fingerprint density at radius 2 is 1.71 bits per heavy atom. The number of aromatic nitrogens is 4. The average Bonchev–Trinajstić information content (AvgIpc) is 3.33. The molecule has 0 saturated carbocycles. The molecule has 1 fully saturated rings. The van der Waals surface area contributed by atoms with Crippen molar-refractivity contribution < 1.29 is 0 Å². The maximum absolute atomic E-state index is 12.4. The van der Waals surface area contributed by atoms with Gasteiger partial charge < -0.3 is 0 Å². The van der Waals surface area contributed by atoms with E-state index in [-0.39, 0.29) is 5.56 Å². The average molecular weight is 383 g/mol. The first kappa shape index (κ1) is 18.1. The monoisotopic (exact) mass is 382 g/mol. The molecule has 0 radical (unpaired) electrons. The molecule has 0 atom stereocenters. The molecule has 2 aliphatic heterocycles. The Balaban J connectivity index is 1.13. The van der Waals surface area contributed by atoms with Crippen molar-refractivity contribution in [3.63, 3.8) is 0 Å². The second-order valence-electron chi connectivity index (χ2n) is 8.45. The van der Waals surface area contributed by atoms with Gasteiger partial charge in [0, 0.05) is 63.1 Å². The van der Waals surface area contributed by atoms with Crippen molar-refractivity contribution in [2.45, 2.75) is 58.2 Å². The second-order valence-corrected chi connectivity index (χ2v) is 8.45. The molecule has 0 N–H and O–H groups in total. The van der Waals surface area contributed by atoms with Crippen LogP contribution in [0.2, 0.25) is 0 Å². The molecule has 0 aromatic carbocycles. The van der Waals surface area contributed by atoms with E-state index < -0.39 is 0 Å². The van der Waals surface area contributed by atoms with Crippen LogP contribution in [0.15, 0.2) is 17.1 Å². The van der Waals surface area contributed by atoms with Gasteiger partial charge in [-0.25, -0.2) is 4.68 Å². The molecule has 5 rings (SSSR count). The maximum Gasteiger partial charge on any atom is 0.267 e. The van der Waals surface area contributed by atoms with Crippen molar-refractivity contribution in [1.82, 2.24) is 29.4 Å². The Labute approximate surface area is 165 Å². The molecule has 0 spiro atoms. The Hall–Kier alpha value is -1.99. The molecule has 7 heteroatoms. The lowest BCUT2D eigenvalue weighted by Crippen LogP contribution is -2.47. The van der Waals surface area contributed by atoms with E-state index in [1.807, 2.05) is 6.07 Å². The number of hydrogen-bond donors (Lipinski definition) is 0. The zero-order valence-electron chi connectivity index (χ0n) is 16.6. The van der Waals surface area contributed by atoms with Crippen LogP contribution in [0.3, 0.4) is 0 Å². The Kier molecular flexibility index (Phi) is 5.03. The number of rotatable bonds is 5. The third-order valence-corrected chi connectivity index (χ3v) is 6.58. The van der Waals surface area contributed by atoms with Gasteiger partial charge in [0.25, 0.3) is 5.56 Å². The van der Waals surface area contributed by atoms with E-state index in [9.17, 15) is 4.79 Å². The highest BCUT2D eigenvalue weighted by Gasteiger charge is 2.21. The summed E-state index contributed by atoms with van der Waals surface area (Å²) in [7, 11) is 0. The van der Waals surface area contributed by atoms with Crippen LogP contribution < -0.4 is 5.56 Å². The molecule has 0 bridgehead atoms. The van der Waals surface area contributed by atoms with Crippen molar-refractivity contribution in [2.24, 2.45) is 0 Å². The van der Waals surface area contributed by atoms with Crippen LogP contribution >= 0.6 is 0 Å². The SMILES string of the molecule is O=c1cc2c(nn1CCN1CCN(Cc3cnn4c3CCC4)CC1)CCCC2. The zero-order valence-corrected chi connectivity index (χ0v) is 16.6. The highest BCUT2D eigenvalue weighted by Crippen LogP contribution is 2.20. The standard InChI is InChI=1S/C21H30N6O/c28-21-14-17-4-1-2-5-19(17)23-27(21)13-12-24-8-10-25(11-9-24)16-18-15-22-26-7-3-6-20(18)26/h14-15H,1-13,16H2. The van der Waals surface area contributed by atoms with Crippen LogP contribution in [-0.4, -0.2) is 62.1 Å². The molecule has 7 nitrogen and oxygen atoms in total. The van der Waals surface area contributed by atoms with Crippen LogP contribution in [0, 0.1) is 0 Å². The molecule has 2 aromatic rings. The third kappa shape index (κ3) is 3.65. The lowest BCUT2D eigenvalue weighted by Gasteiger charge is -2.34. The van der Waals surface area contributed by atoms with E-state index in [0.717, 1.165) is 64.3 Å². The van der Waals surface area contributed by atoms with Gasteiger partial charge in [-0.15, -0.1) is 0 Å². The molecule has 3 aliphatic rings. The summed E-state index contributed by atoms with van der Waals surface area (Å²) in [4.78, 5) is 17.4. The molecule has 0 unspecified atom stereocenters. The highest BCUT2D eigenvalue weighted by molar-refractivity contribution is 5.21. The number of nitrogens with zero attached hydrogens (tertiary/aromatic N) is 6. The van der Waals surface area contributed by atoms with Crippen LogP contribution in [0.5, 0.6) is 0 Å². The molecular weight excluding hydrogens is 352 g/mol. The molecule has 4 heterocycles. The van der Waals surface area contributed by atoms with Gasteiger partial charge in [0.15, 0.2) is 0 Å². The normalized spacial score (nSPS) is 20.3. The Morgan fingerprint density at radius 1 is 0.893 bits per heavy atom. The van der Waals surface area contributed by atoms with Gasteiger partial charge in [-0.05, 0) is 44.1 Å². The van der Waals surface area contributed by atoms with E-state index in [1.54, 1.807) is 4.68 Å². The van der Waals surface area contributed by atoms with Gasteiger partial charge in [0.1, 0.15) is 0 Å². The lowest BCUT2D eigenvalue weighted by molar-refractivity contribution is 0.122. The minimum atomic E-state index is 0.0642. The van der Waals surface area contributed by atoms with Crippen molar-refractivity contribution in [2.75, 3.05) is 32.7 Å². The highest BCUT2D eigenvalue weighted by atomic mass is 16.1. The molecule has 150 valence electrons. The fraction of sp³-hybridized carbons (Fsp3) is 0.667. The summed E-state index contributed by atoms with van der Waals surface area (Å²) >= 11 is 0. The van der Waals surface area contributed by atoms with E-state index in [0.29, 0.717) is 6.54 Å². The van der Waals surface area contributed by atoms with Gasteiger partial charge in [-0.1, -0.05) is 0 Å². The topological polar surface area (TPSA) is 59.2 Å². The van der Waals surface area contributed by atoms with Crippen molar-refractivity contribution in [3.8, 4) is 0 Å². The van der Waals surface area contributed by atoms with Gasteiger partial charge in [-0.3, -0.25) is 19.3 Å². The summed E-state index contributed by atoms with van der Waals surface area (Å²) in [5.41, 5.74) is 5.24. The number of piperazine rings is 1. The van der Waals surface area contributed by atoms with Crippen molar-refractivity contribution in [1.29, 1.82) is 0 Å². The minimum Gasteiger partial charge on any atom is -0.299 e. The van der Waals surface area contributed by atoms with Gasteiger partial charge >= 0.3 is 0 Å². The Morgan fingerprint density at radius 3 is 2.61 bits per heavy atom. The Bertz CT molecular complexity index is 893. The molecule has 0 amide bonds. The summed E-state index contributed by atoms with van der Waals surface area (Å²) < 4.78 is 3.86. The summed E-state index contributed by atoms with van der Waals surface area (Å²) in [6.07, 6.45) is 8.90. The number of hydrogen-bond acceptors (Lipinski definition) is 5. The van der Waals surface area contributed by atoms with E-state index in [2.05, 4.69) is 30.9 Å². The maximum atomic E-state index is 12.4. The first-order valence-corrected chi connectivity index (χ1v) is 10.8. The van der Waals surface area contributed by atoms with Crippen LogP contribution in [0.4, 0.5) is 0 Å². The molecular formula is C21H30N6O. The molecule has 1 aliphatic carbocycles. The number of aryl methyl sites for hydroxylation is 3. The van der Waals surface area contributed by atoms with E-state index >= 15 is 0 Å². The largest absolute Gasteiger partial charge is 0.299 e. The minimum absolute atomic E-state index is 0.0642. The fourth-order valence-corrected chi connectivity index (χ4v) is 4.87. The predicted molar refractivity (Wildman–Crippen MR) is 107 cm³/mol. The summed E-state index contributed by atoms with van der Waals surface area (Å²) in [5.74, 6) is 0. The first-order chi connectivity index (χ1) is 13.8. The zero-order chi connectivity index (χ0) is 18.9. The van der Waals surface area contributed by atoms with Gasteiger partial charge in [0.05, 0.1) is 18.4 Å². The van der Waals surface area contributed by atoms with E-state index in [1.165, 1.54) is 42.5 Å². The summed E-state index contributed by atoms with van der Waals surface area (Å²) in [5, 5.41) is 9.17. The molecule has 1 saturated heterocycles. The molecule has 2 aromatic heterocycles. The first-order valence-electron chi connectivity index (χ1n) is 10.8. The second kappa shape index (κ2) is 7.79. The molecule has 28 heavy (non-hydrogen) atoms. The predicted octanol–water partition coefficient (Wildman–Crippen LogP) is 1.08. The fourth-order valence-electron chi connectivity index (χ4n) is 4.87. The van der Waals surface area contributed by atoms with Crippen LogP contribution in [0.25, 0.3) is 0 Å². The third-order valence-electron chi connectivity index (χ3n) is 6.58. The van der Waals surface area contributed by atoms with Crippen LogP contribution in [0.1, 0.15) is 41.8 Å². The van der Waals surface area contributed by atoms with Crippen LogP contribution in [-0.2, 0) is 38.9 Å². The van der Waals surface area contributed by atoms with Crippen molar-refractivity contribution >= 4 is 0 Å². The smallest absolute Gasteiger partial charge is 0.267 e. The number of fused-ring (bicyclic) bond motifs is 2. The lowest BCUT2D eigenvalue weighted by atomic mass is 9.97. The summed E-state index contributed by atoms with van der Waals surface area (Å²) in [6, 6.07) is 1.82. The van der Waals surface area contributed by atoms with Gasteiger partial charge in [-0.2, -0.15) is 10.2 Å². The summed E-state index contributed by atoms with van der Waals surface area (Å²) in [6.45, 7) is 7.99.